The number of hydrogen-bond donors (Lipinski definition) is 2. The van der Waals surface area contributed by atoms with Gasteiger partial charge < -0.3 is 5.11 Å². The van der Waals surface area contributed by atoms with Crippen LogP contribution in [0.25, 0.3) is 0 Å². The lowest BCUT2D eigenvalue weighted by Gasteiger charge is -2.31. The number of allylic oxidation sites excluding steroid dienone is 2. The molecule has 4 nitrogen and oxygen atoms in total. The van der Waals surface area contributed by atoms with Gasteiger partial charge in [0.1, 0.15) is 5.75 Å². The second-order valence-electron chi connectivity index (χ2n) is 5.12. The Hall–Kier alpha value is -2.10. The van der Waals surface area contributed by atoms with Gasteiger partial charge in [0.15, 0.2) is 0 Å². The Morgan fingerprint density at radius 2 is 2.16 bits per heavy atom. The maximum atomic E-state index is 11.7. The predicted octanol–water partition coefficient (Wildman–Crippen LogP) is 2.00. The molecule has 0 aromatic heterocycles. The fourth-order valence-corrected chi connectivity index (χ4v) is 2.64. The lowest BCUT2D eigenvalue weighted by atomic mass is 9.74. The molecule has 98 valence electrons. The number of phenolic OH excluding ortho intramolecular Hbond substituents is 1. The van der Waals surface area contributed by atoms with Crippen molar-refractivity contribution in [2.24, 2.45) is 16.9 Å². The van der Waals surface area contributed by atoms with Crippen molar-refractivity contribution in [2.75, 3.05) is 0 Å². The lowest BCUT2D eigenvalue weighted by Crippen LogP contribution is -2.35. The second kappa shape index (κ2) is 4.88. The number of carbonyl (C=O) groups excluding carboxylic acids is 1. The van der Waals surface area contributed by atoms with Crippen molar-refractivity contribution in [1.82, 2.24) is 5.43 Å². The van der Waals surface area contributed by atoms with Gasteiger partial charge in [0.2, 0.25) is 5.91 Å². The van der Waals surface area contributed by atoms with E-state index in [1.165, 1.54) is 0 Å². The van der Waals surface area contributed by atoms with E-state index in [0.29, 0.717) is 11.8 Å². The molecule has 2 aliphatic carbocycles. The molecule has 0 bridgehead atoms. The van der Waals surface area contributed by atoms with Gasteiger partial charge in [-0.15, -0.1) is 0 Å². The van der Waals surface area contributed by atoms with Crippen molar-refractivity contribution >= 4 is 11.6 Å². The molecule has 0 spiro atoms. The second-order valence-corrected chi connectivity index (χ2v) is 5.12. The molecule has 1 fully saturated rings. The molecule has 0 unspecified atom stereocenters. The maximum absolute atomic E-state index is 11.7. The number of carbonyl (C=O) groups is 1. The SMILES string of the molecule is O=C(Cc1ccc(O)cc1)N/N=C1/C[C@H]2C=CC[C@H]12. The topological polar surface area (TPSA) is 61.7 Å². The van der Waals surface area contributed by atoms with Gasteiger partial charge in [-0.05, 0) is 36.5 Å². The van der Waals surface area contributed by atoms with Crippen LogP contribution >= 0.6 is 0 Å². The highest BCUT2D eigenvalue weighted by Crippen LogP contribution is 2.39. The van der Waals surface area contributed by atoms with Crippen LogP contribution < -0.4 is 5.43 Å². The quantitative estimate of drug-likeness (QED) is 0.642. The van der Waals surface area contributed by atoms with Gasteiger partial charge in [0.25, 0.3) is 0 Å². The Balaban J connectivity index is 1.52. The van der Waals surface area contributed by atoms with Gasteiger partial charge in [-0.3, -0.25) is 4.79 Å². The van der Waals surface area contributed by atoms with E-state index in [-0.39, 0.29) is 18.1 Å². The third-order valence-corrected chi connectivity index (χ3v) is 3.79. The number of nitrogens with zero attached hydrogens (tertiary/aromatic N) is 1. The van der Waals surface area contributed by atoms with Crippen LogP contribution in [0.5, 0.6) is 5.75 Å². The highest BCUT2D eigenvalue weighted by atomic mass is 16.3. The van der Waals surface area contributed by atoms with E-state index in [9.17, 15) is 4.79 Å². The van der Waals surface area contributed by atoms with Gasteiger partial charge in [-0.25, -0.2) is 5.43 Å². The highest BCUT2D eigenvalue weighted by Gasteiger charge is 2.37. The summed E-state index contributed by atoms with van der Waals surface area (Å²) in [5, 5.41) is 13.4. The molecule has 1 aromatic carbocycles. The van der Waals surface area contributed by atoms with Crippen LogP contribution in [0.2, 0.25) is 0 Å². The first kappa shape index (κ1) is 12.0. The van der Waals surface area contributed by atoms with Crippen LogP contribution in [0.4, 0.5) is 0 Å². The zero-order chi connectivity index (χ0) is 13.2. The smallest absolute Gasteiger partial charge is 0.244 e. The number of amides is 1. The van der Waals surface area contributed by atoms with Gasteiger partial charge in [-0.1, -0.05) is 24.3 Å². The molecular formula is C15H16N2O2. The molecule has 2 aliphatic rings. The maximum Gasteiger partial charge on any atom is 0.244 e. The summed E-state index contributed by atoms with van der Waals surface area (Å²) in [7, 11) is 0. The van der Waals surface area contributed by atoms with Gasteiger partial charge >= 0.3 is 0 Å². The first-order chi connectivity index (χ1) is 9.22. The number of aromatic hydroxyl groups is 1. The van der Waals surface area contributed by atoms with E-state index < -0.39 is 0 Å². The minimum atomic E-state index is -0.118. The highest BCUT2D eigenvalue weighted by molar-refractivity contribution is 5.95. The molecule has 1 amide bonds. The Labute approximate surface area is 111 Å². The van der Waals surface area contributed by atoms with Crippen molar-refractivity contribution in [1.29, 1.82) is 0 Å². The normalized spacial score (nSPS) is 26.0. The first-order valence-corrected chi connectivity index (χ1v) is 6.52. The fraction of sp³-hybridized carbons (Fsp3) is 0.333. The summed E-state index contributed by atoms with van der Waals surface area (Å²) >= 11 is 0. The number of benzene rings is 1. The first-order valence-electron chi connectivity index (χ1n) is 6.52. The zero-order valence-corrected chi connectivity index (χ0v) is 10.5. The molecule has 4 heteroatoms. The zero-order valence-electron chi connectivity index (χ0n) is 10.5. The number of hydrogen-bond acceptors (Lipinski definition) is 3. The third kappa shape index (κ3) is 2.52. The molecule has 0 radical (unpaired) electrons. The van der Waals surface area contributed by atoms with E-state index >= 15 is 0 Å². The van der Waals surface area contributed by atoms with Crippen molar-refractivity contribution in [2.45, 2.75) is 19.3 Å². The summed E-state index contributed by atoms with van der Waals surface area (Å²) in [4.78, 5) is 11.7. The summed E-state index contributed by atoms with van der Waals surface area (Å²) < 4.78 is 0. The molecule has 1 aromatic rings. The van der Waals surface area contributed by atoms with E-state index in [4.69, 9.17) is 5.11 Å². The Bertz CT molecular complexity index is 546. The van der Waals surface area contributed by atoms with Crippen molar-refractivity contribution in [3.05, 3.63) is 42.0 Å². The number of rotatable bonds is 3. The van der Waals surface area contributed by atoms with Crippen LogP contribution in [-0.4, -0.2) is 16.7 Å². The number of nitrogens with one attached hydrogen (secondary N) is 1. The Morgan fingerprint density at radius 3 is 2.89 bits per heavy atom. The number of fused-ring (bicyclic) bond motifs is 1. The van der Waals surface area contributed by atoms with Crippen LogP contribution in [-0.2, 0) is 11.2 Å². The average Bonchev–Trinajstić information content (AvgIpc) is 2.74. The molecule has 2 atom stereocenters. The Kier molecular flexibility index (Phi) is 3.07. The molecular weight excluding hydrogens is 240 g/mol. The largest absolute Gasteiger partial charge is 0.508 e. The average molecular weight is 256 g/mol. The van der Waals surface area contributed by atoms with Crippen LogP contribution in [0, 0.1) is 11.8 Å². The molecule has 0 aliphatic heterocycles. The molecule has 0 saturated heterocycles. The minimum Gasteiger partial charge on any atom is -0.508 e. The van der Waals surface area contributed by atoms with E-state index in [1.807, 2.05) is 0 Å². The fourth-order valence-electron chi connectivity index (χ4n) is 2.64. The number of hydrazone groups is 1. The van der Waals surface area contributed by atoms with E-state index in [2.05, 4.69) is 22.7 Å². The summed E-state index contributed by atoms with van der Waals surface area (Å²) in [6, 6.07) is 6.63. The summed E-state index contributed by atoms with van der Waals surface area (Å²) in [6.07, 6.45) is 6.74. The van der Waals surface area contributed by atoms with Crippen LogP contribution in [0.3, 0.4) is 0 Å². The standard InChI is InChI=1S/C15H16N2O2/c18-12-6-4-10(5-7-12)8-15(19)17-16-14-9-11-2-1-3-13(11)14/h1-2,4-7,11,13,18H,3,8-9H2,(H,17,19)/b16-14-/t11-,13+/m1/s1. The number of phenols is 1. The summed E-state index contributed by atoms with van der Waals surface area (Å²) in [5.74, 6) is 1.26. The molecule has 2 N–H and O–H groups in total. The van der Waals surface area contributed by atoms with Crippen molar-refractivity contribution in [3.63, 3.8) is 0 Å². The van der Waals surface area contributed by atoms with Gasteiger partial charge in [0, 0.05) is 11.6 Å². The molecule has 3 rings (SSSR count). The predicted molar refractivity (Wildman–Crippen MR) is 72.7 cm³/mol. The van der Waals surface area contributed by atoms with E-state index in [1.54, 1.807) is 24.3 Å². The monoisotopic (exact) mass is 256 g/mol. The Morgan fingerprint density at radius 1 is 1.37 bits per heavy atom. The van der Waals surface area contributed by atoms with Crippen LogP contribution in [0.15, 0.2) is 41.5 Å². The van der Waals surface area contributed by atoms with Gasteiger partial charge in [0.05, 0.1) is 6.42 Å². The molecule has 1 saturated carbocycles. The summed E-state index contributed by atoms with van der Waals surface area (Å²) in [5.41, 5.74) is 4.59. The van der Waals surface area contributed by atoms with Crippen molar-refractivity contribution in [3.8, 4) is 5.75 Å². The van der Waals surface area contributed by atoms with Crippen molar-refractivity contribution < 1.29 is 9.90 Å². The lowest BCUT2D eigenvalue weighted by molar-refractivity contribution is -0.120. The van der Waals surface area contributed by atoms with Crippen LogP contribution in [0.1, 0.15) is 18.4 Å². The van der Waals surface area contributed by atoms with E-state index in [0.717, 1.165) is 24.1 Å². The summed E-state index contributed by atoms with van der Waals surface area (Å²) in [6.45, 7) is 0. The third-order valence-electron chi connectivity index (χ3n) is 3.79. The molecule has 19 heavy (non-hydrogen) atoms. The molecule has 0 heterocycles. The van der Waals surface area contributed by atoms with Gasteiger partial charge in [-0.2, -0.15) is 5.10 Å². The minimum absolute atomic E-state index is 0.118.